The zero-order chi connectivity index (χ0) is 19.2. The third-order valence-electron chi connectivity index (χ3n) is 2.41. The molecule has 3 aliphatic rings. The van der Waals surface area contributed by atoms with Crippen molar-refractivity contribution in [2.75, 3.05) is 32.8 Å². The van der Waals surface area contributed by atoms with E-state index in [9.17, 15) is 4.79 Å². The van der Waals surface area contributed by atoms with Gasteiger partial charge in [-0.15, -0.1) is 0 Å². The fourth-order valence-corrected chi connectivity index (χ4v) is 1.47. The third kappa shape index (κ3) is 20.1. The van der Waals surface area contributed by atoms with Gasteiger partial charge in [0, 0.05) is 26.1 Å². The number of nitrogens with one attached hydrogen (secondary N) is 4. The molecule has 1 amide bonds. The summed E-state index contributed by atoms with van der Waals surface area (Å²) in [4.78, 5) is 10.1. The van der Waals surface area contributed by atoms with E-state index in [0.717, 1.165) is 51.4 Å². The monoisotopic (exact) mass is 344 g/mol. The van der Waals surface area contributed by atoms with Crippen LogP contribution in [0.5, 0.6) is 0 Å². The molecule has 0 saturated carbocycles. The molecule has 3 heterocycles. The second-order valence-electron chi connectivity index (χ2n) is 3.98. The van der Waals surface area contributed by atoms with Crippen molar-refractivity contribution in [3.63, 3.8) is 0 Å². The molecule has 144 valence electrons. The van der Waals surface area contributed by atoms with E-state index in [2.05, 4.69) is 34.4 Å². The lowest BCUT2D eigenvalue weighted by Crippen LogP contribution is -2.12. The molecule has 0 aromatic heterocycles. The second kappa shape index (κ2) is 23.4. The zero-order valence-electron chi connectivity index (χ0n) is 16.7. The summed E-state index contributed by atoms with van der Waals surface area (Å²) in [7, 11) is 0. The minimum absolute atomic E-state index is 0.204. The van der Waals surface area contributed by atoms with E-state index in [1.807, 2.05) is 41.5 Å². The maximum atomic E-state index is 10.1. The van der Waals surface area contributed by atoms with Crippen molar-refractivity contribution in [2.45, 2.75) is 54.4 Å². The number of rotatable bonds is 0. The minimum Gasteiger partial charge on any atom is -0.478 e. The highest BCUT2D eigenvalue weighted by Crippen LogP contribution is 1.93. The summed E-state index contributed by atoms with van der Waals surface area (Å²) in [5, 5.41) is 11.6. The van der Waals surface area contributed by atoms with Crippen LogP contribution in [-0.4, -0.2) is 38.7 Å². The van der Waals surface area contributed by atoms with Crippen LogP contribution in [0.25, 0.3) is 0 Å². The van der Waals surface area contributed by atoms with Crippen LogP contribution in [0.4, 0.5) is 0 Å². The summed E-state index contributed by atoms with van der Waals surface area (Å²) in [6.07, 6.45) is 1.76. The predicted molar refractivity (Wildman–Crippen MR) is 105 cm³/mol. The Balaban J connectivity index is -0.000000239. The van der Waals surface area contributed by atoms with Gasteiger partial charge < -0.3 is 26.0 Å². The normalized spacial score (nSPS) is 15.8. The molecule has 6 heteroatoms. The van der Waals surface area contributed by atoms with Crippen molar-refractivity contribution in [1.29, 1.82) is 0 Å². The molecule has 0 atom stereocenters. The van der Waals surface area contributed by atoms with Crippen LogP contribution in [0.15, 0.2) is 24.9 Å². The summed E-state index contributed by atoms with van der Waals surface area (Å²) < 4.78 is 4.85. The van der Waals surface area contributed by atoms with Gasteiger partial charge in [0.1, 0.15) is 6.61 Å². The maximum absolute atomic E-state index is 10.1. The lowest BCUT2D eigenvalue weighted by molar-refractivity contribution is -0.119. The molecular weight excluding hydrogens is 304 g/mol. The van der Waals surface area contributed by atoms with E-state index in [1.165, 1.54) is 0 Å². The van der Waals surface area contributed by atoms with Gasteiger partial charge in [0.05, 0.1) is 12.4 Å². The molecule has 0 radical (unpaired) electrons. The molecule has 4 N–H and O–H groups in total. The van der Waals surface area contributed by atoms with Gasteiger partial charge >= 0.3 is 0 Å². The van der Waals surface area contributed by atoms with Gasteiger partial charge in [-0.2, -0.15) is 0 Å². The number of ether oxygens (including phenoxy) is 1. The van der Waals surface area contributed by atoms with E-state index in [1.54, 1.807) is 0 Å². The lowest BCUT2D eigenvalue weighted by atomic mass is 10.4. The minimum atomic E-state index is 0.204. The Hall–Kier alpha value is -1.85. The number of amides is 1. The molecule has 3 saturated heterocycles. The molecule has 24 heavy (non-hydrogen) atoms. The van der Waals surface area contributed by atoms with Gasteiger partial charge in [-0.1, -0.05) is 48.1 Å². The molecule has 3 rings (SSSR count). The second-order valence-corrected chi connectivity index (χ2v) is 3.98. The lowest BCUT2D eigenvalue weighted by Gasteiger charge is -1.89. The van der Waals surface area contributed by atoms with Gasteiger partial charge in [0.25, 0.3) is 0 Å². The summed E-state index contributed by atoms with van der Waals surface area (Å²) in [6, 6.07) is 0. The highest BCUT2D eigenvalue weighted by Gasteiger charge is 2.05. The number of carbonyl (C=O) groups excluding carboxylic acids is 1. The van der Waals surface area contributed by atoms with Crippen LogP contribution in [0.3, 0.4) is 0 Å². The molecule has 0 aliphatic carbocycles. The predicted octanol–water partition coefficient (Wildman–Crippen LogP) is 2.70. The molecule has 0 unspecified atom stereocenters. The van der Waals surface area contributed by atoms with Crippen LogP contribution in [-0.2, 0) is 9.53 Å². The molecule has 3 aliphatic heterocycles. The Bertz CT molecular complexity index is 236. The first-order valence-electron chi connectivity index (χ1n) is 9.17. The average Bonchev–Trinajstić information content (AvgIpc) is 3.40. The average molecular weight is 345 g/mol. The van der Waals surface area contributed by atoms with Crippen LogP contribution >= 0.6 is 0 Å². The zero-order valence-corrected chi connectivity index (χ0v) is 16.7. The highest BCUT2D eigenvalue weighted by molar-refractivity contribution is 5.77. The molecule has 0 spiro atoms. The van der Waals surface area contributed by atoms with Gasteiger partial charge in [-0.05, 0) is 13.0 Å². The molecule has 3 fully saturated rings. The van der Waals surface area contributed by atoms with Crippen LogP contribution in [0, 0.1) is 0 Å². The van der Waals surface area contributed by atoms with E-state index in [0.29, 0.717) is 5.88 Å². The van der Waals surface area contributed by atoms with Crippen LogP contribution in [0.1, 0.15) is 54.4 Å². The SMILES string of the molecule is C=C1NCCN1.C=C1NCCO1.CC.CC.CC.O=C1CCCN1. The number of hydrogen-bond donors (Lipinski definition) is 4. The number of hydrogen-bond acceptors (Lipinski definition) is 5. The highest BCUT2D eigenvalue weighted by atomic mass is 16.5. The van der Waals surface area contributed by atoms with Crippen molar-refractivity contribution in [3.8, 4) is 0 Å². The molecule has 0 aromatic rings. The first-order chi connectivity index (χ1) is 11.7. The van der Waals surface area contributed by atoms with Crippen molar-refractivity contribution in [3.05, 3.63) is 24.9 Å². The molecule has 6 nitrogen and oxygen atoms in total. The van der Waals surface area contributed by atoms with E-state index in [-0.39, 0.29) is 5.91 Å². The van der Waals surface area contributed by atoms with E-state index < -0.39 is 0 Å². The number of carbonyl (C=O) groups is 1. The van der Waals surface area contributed by atoms with Crippen LogP contribution < -0.4 is 21.3 Å². The summed E-state index contributed by atoms with van der Waals surface area (Å²) in [6.45, 7) is 23.8. The van der Waals surface area contributed by atoms with Gasteiger partial charge in [0.15, 0.2) is 5.88 Å². The first kappa shape index (κ1) is 27.0. The van der Waals surface area contributed by atoms with Crippen LogP contribution in [0.2, 0.25) is 0 Å². The molecular formula is C18H40N4O2. The Kier molecular flexibility index (Phi) is 26.4. The van der Waals surface area contributed by atoms with Crippen molar-refractivity contribution in [1.82, 2.24) is 21.3 Å². The fourth-order valence-electron chi connectivity index (χ4n) is 1.47. The van der Waals surface area contributed by atoms with Crippen molar-refractivity contribution in [2.24, 2.45) is 0 Å². The Morgan fingerprint density at radius 1 is 0.792 bits per heavy atom. The summed E-state index contributed by atoms with van der Waals surface area (Å²) in [5.41, 5.74) is 0. The topological polar surface area (TPSA) is 74.4 Å². The Morgan fingerprint density at radius 3 is 1.46 bits per heavy atom. The summed E-state index contributed by atoms with van der Waals surface area (Å²) >= 11 is 0. The maximum Gasteiger partial charge on any atom is 0.220 e. The largest absolute Gasteiger partial charge is 0.478 e. The van der Waals surface area contributed by atoms with Gasteiger partial charge in [0.2, 0.25) is 5.91 Å². The van der Waals surface area contributed by atoms with Gasteiger partial charge in [-0.3, -0.25) is 4.79 Å². The fraction of sp³-hybridized carbons (Fsp3) is 0.722. The standard InChI is InChI=1S/C4H8N2.2C4H7NO.3C2H6/c2*1-4-5-2-3-6-4;6-4-2-1-3-5-4;3*1-2/h5-6H,1-3H2;5H,1-3H2;1-3H2,(H,5,6);3*1-2H3. The molecule has 0 aromatic carbocycles. The summed E-state index contributed by atoms with van der Waals surface area (Å²) in [5.74, 6) is 1.86. The Labute approximate surface area is 149 Å². The smallest absolute Gasteiger partial charge is 0.220 e. The van der Waals surface area contributed by atoms with E-state index in [4.69, 9.17) is 4.74 Å². The Morgan fingerprint density at radius 2 is 1.33 bits per heavy atom. The van der Waals surface area contributed by atoms with Gasteiger partial charge in [-0.25, -0.2) is 0 Å². The first-order valence-corrected chi connectivity index (χ1v) is 9.17. The van der Waals surface area contributed by atoms with Crippen molar-refractivity contribution < 1.29 is 9.53 Å². The quantitative estimate of drug-likeness (QED) is 0.544. The third-order valence-corrected chi connectivity index (χ3v) is 2.41. The van der Waals surface area contributed by atoms with E-state index >= 15 is 0 Å². The molecule has 0 bridgehead atoms. The van der Waals surface area contributed by atoms with Crippen molar-refractivity contribution >= 4 is 5.91 Å².